The molecule has 0 aliphatic heterocycles. The maximum absolute atomic E-state index is 12.4. The zero-order valence-corrected chi connectivity index (χ0v) is 16.6. The molecule has 0 atom stereocenters. The summed E-state index contributed by atoms with van der Waals surface area (Å²) in [5, 5.41) is 15.2. The molecule has 0 radical (unpaired) electrons. The molecule has 146 valence electrons. The first-order chi connectivity index (χ1) is 13.6. The highest BCUT2D eigenvalue weighted by atomic mass is 32.2. The van der Waals surface area contributed by atoms with E-state index in [0.717, 1.165) is 6.54 Å². The number of nitrogens with one attached hydrogen (secondary N) is 1. The number of hydrogen-bond donors (Lipinski definition) is 1. The van der Waals surface area contributed by atoms with Gasteiger partial charge in [-0.2, -0.15) is 0 Å². The Morgan fingerprint density at radius 2 is 1.89 bits per heavy atom. The van der Waals surface area contributed by atoms with Gasteiger partial charge in [-0.25, -0.2) is 4.68 Å². The minimum atomic E-state index is -0.156. The molecule has 8 nitrogen and oxygen atoms in total. The maximum atomic E-state index is 12.4. The largest absolute Gasteiger partial charge is 0.455 e. The lowest BCUT2D eigenvalue weighted by molar-refractivity contribution is -0.113. The molecule has 28 heavy (non-hydrogen) atoms. The van der Waals surface area contributed by atoms with Gasteiger partial charge in [-0.3, -0.25) is 4.79 Å². The van der Waals surface area contributed by atoms with Crippen LogP contribution in [0.4, 0.5) is 5.69 Å². The number of amides is 1. The molecular formula is C19H22N6O2S. The predicted molar refractivity (Wildman–Crippen MR) is 109 cm³/mol. The number of aromatic nitrogens is 4. The van der Waals surface area contributed by atoms with Gasteiger partial charge in [-0.15, -0.1) is 5.10 Å². The number of rotatable bonds is 9. The molecule has 1 aromatic heterocycles. The number of likely N-dealkylation sites (N-methyl/N-ethyl adjacent to an activating group) is 1. The Morgan fingerprint density at radius 3 is 2.68 bits per heavy atom. The molecule has 3 aromatic rings. The van der Waals surface area contributed by atoms with Gasteiger partial charge in [0, 0.05) is 6.54 Å². The van der Waals surface area contributed by atoms with E-state index in [0.29, 0.717) is 28.9 Å². The van der Waals surface area contributed by atoms with Crippen molar-refractivity contribution in [3.05, 3.63) is 54.6 Å². The van der Waals surface area contributed by atoms with Crippen molar-refractivity contribution in [1.82, 2.24) is 25.1 Å². The average molecular weight is 398 g/mol. The van der Waals surface area contributed by atoms with Gasteiger partial charge < -0.3 is 15.0 Å². The van der Waals surface area contributed by atoms with Crippen molar-refractivity contribution in [1.29, 1.82) is 0 Å². The monoisotopic (exact) mass is 398 g/mol. The minimum Gasteiger partial charge on any atom is -0.455 e. The van der Waals surface area contributed by atoms with Crippen LogP contribution >= 0.6 is 11.8 Å². The SMILES string of the molecule is CN(C)CCn1nnnc1SCC(=O)Nc1ccccc1Oc1ccccc1. The zero-order valence-electron chi connectivity index (χ0n) is 15.8. The molecular weight excluding hydrogens is 376 g/mol. The van der Waals surface area contributed by atoms with Crippen LogP contribution in [0, 0.1) is 0 Å². The summed E-state index contributed by atoms with van der Waals surface area (Å²) in [6.45, 7) is 1.48. The highest BCUT2D eigenvalue weighted by molar-refractivity contribution is 7.99. The quantitative estimate of drug-likeness (QED) is 0.555. The topological polar surface area (TPSA) is 85.2 Å². The first-order valence-electron chi connectivity index (χ1n) is 8.77. The van der Waals surface area contributed by atoms with E-state index in [1.54, 1.807) is 4.68 Å². The van der Waals surface area contributed by atoms with Crippen LogP contribution in [-0.2, 0) is 11.3 Å². The van der Waals surface area contributed by atoms with Crippen molar-refractivity contribution in [2.75, 3.05) is 31.7 Å². The average Bonchev–Trinajstić information content (AvgIpc) is 3.14. The van der Waals surface area contributed by atoms with Crippen molar-refractivity contribution in [2.24, 2.45) is 0 Å². The molecule has 0 fully saturated rings. The van der Waals surface area contributed by atoms with Crippen LogP contribution in [0.1, 0.15) is 0 Å². The van der Waals surface area contributed by atoms with Gasteiger partial charge >= 0.3 is 0 Å². The Labute approximate surface area is 167 Å². The summed E-state index contributed by atoms with van der Waals surface area (Å²) in [5.74, 6) is 1.33. The zero-order chi connectivity index (χ0) is 19.8. The lowest BCUT2D eigenvalue weighted by Gasteiger charge is -2.12. The molecule has 0 unspecified atom stereocenters. The summed E-state index contributed by atoms with van der Waals surface area (Å²) in [6.07, 6.45) is 0. The molecule has 0 bridgehead atoms. The molecule has 0 saturated carbocycles. The summed E-state index contributed by atoms with van der Waals surface area (Å²) >= 11 is 1.30. The molecule has 1 heterocycles. The van der Waals surface area contributed by atoms with Gasteiger partial charge in [0.25, 0.3) is 0 Å². The van der Waals surface area contributed by atoms with Gasteiger partial charge in [0.2, 0.25) is 11.1 Å². The Balaban J connectivity index is 1.58. The number of carbonyl (C=O) groups excluding carboxylic acids is 1. The van der Waals surface area contributed by atoms with Crippen LogP contribution in [-0.4, -0.2) is 57.4 Å². The van der Waals surface area contributed by atoms with Crippen LogP contribution in [0.25, 0.3) is 0 Å². The molecule has 0 aliphatic rings. The number of para-hydroxylation sites is 3. The number of benzene rings is 2. The fraction of sp³-hybridized carbons (Fsp3) is 0.263. The predicted octanol–water partition coefficient (Wildman–Crippen LogP) is 2.76. The van der Waals surface area contributed by atoms with Gasteiger partial charge in [-0.1, -0.05) is 42.1 Å². The molecule has 0 aliphatic carbocycles. The van der Waals surface area contributed by atoms with Gasteiger partial charge in [-0.05, 0) is 48.8 Å². The summed E-state index contributed by atoms with van der Waals surface area (Å²) in [4.78, 5) is 14.5. The first kappa shape index (κ1) is 19.8. The number of tetrazole rings is 1. The fourth-order valence-corrected chi connectivity index (χ4v) is 3.03. The summed E-state index contributed by atoms with van der Waals surface area (Å²) in [7, 11) is 3.97. The van der Waals surface area contributed by atoms with Crippen molar-refractivity contribution in [3.63, 3.8) is 0 Å². The first-order valence-corrected chi connectivity index (χ1v) is 9.76. The second-order valence-corrected chi connectivity index (χ2v) is 7.18. The summed E-state index contributed by atoms with van der Waals surface area (Å²) in [5.41, 5.74) is 0.615. The Hall–Kier alpha value is -2.91. The number of hydrogen-bond acceptors (Lipinski definition) is 7. The normalized spacial score (nSPS) is 10.8. The van der Waals surface area contributed by atoms with E-state index in [1.807, 2.05) is 73.6 Å². The molecule has 2 aromatic carbocycles. The number of nitrogens with zero attached hydrogens (tertiary/aromatic N) is 5. The third-order valence-corrected chi connectivity index (χ3v) is 4.68. The van der Waals surface area contributed by atoms with Crippen LogP contribution in [0.2, 0.25) is 0 Å². The van der Waals surface area contributed by atoms with Crippen molar-refractivity contribution >= 4 is 23.4 Å². The van der Waals surface area contributed by atoms with E-state index in [4.69, 9.17) is 4.74 Å². The van der Waals surface area contributed by atoms with E-state index >= 15 is 0 Å². The van der Waals surface area contributed by atoms with Crippen LogP contribution in [0.15, 0.2) is 59.8 Å². The third kappa shape index (κ3) is 5.80. The minimum absolute atomic E-state index is 0.156. The van der Waals surface area contributed by atoms with Gasteiger partial charge in [0.1, 0.15) is 5.75 Å². The van der Waals surface area contributed by atoms with Crippen molar-refractivity contribution in [2.45, 2.75) is 11.7 Å². The molecule has 9 heteroatoms. The van der Waals surface area contributed by atoms with E-state index in [-0.39, 0.29) is 11.7 Å². The van der Waals surface area contributed by atoms with Gasteiger partial charge in [0.15, 0.2) is 5.75 Å². The van der Waals surface area contributed by atoms with Crippen molar-refractivity contribution in [3.8, 4) is 11.5 Å². The second-order valence-electron chi connectivity index (χ2n) is 6.24. The lowest BCUT2D eigenvalue weighted by atomic mass is 10.3. The number of anilines is 1. The molecule has 1 amide bonds. The summed E-state index contributed by atoms with van der Waals surface area (Å²) < 4.78 is 7.57. The molecule has 3 rings (SSSR count). The van der Waals surface area contributed by atoms with E-state index in [9.17, 15) is 4.79 Å². The van der Waals surface area contributed by atoms with E-state index in [1.165, 1.54) is 11.8 Å². The molecule has 0 spiro atoms. The highest BCUT2D eigenvalue weighted by Crippen LogP contribution is 2.29. The Morgan fingerprint density at radius 1 is 1.14 bits per heavy atom. The van der Waals surface area contributed by atoms with Crippen LogP contribution < -0.4 is 10.1 Å². The number of ether oxygens (including phenoxy) is 1. The standard InChI is InChI=1S/C19H22N6O2S/c1-24(2)12-13-25-19(21-22-23-25)28-14-18(26)20-16-10-6-7-11-17(16)27-15-8-4-3-5-9-15/h3-11H,12-14H2,1-2H3,(H,20,26). The summed E-state index contributed by atoms with van der Waals surface area (Å²) in [6, 6.07) is 16.8. The van der Waals surface area contributed by atoms with Crippen LogP contribution in [0.5, 0.6) is 11.5 Å². The lowest BCUT2D eigenvalue weighted by Crippen LogP contribution is -2.20. The van der Waals surface area contributed by atoms with E-state index in [2.05, 4.69) is 20.8 Å². The third-order valence-electron chi connectivity index (χ3n) is 3.72. The molecule has 1 N–H and O–H groups in total. The number of thioether (sulfide) groups is 1. The van der Waals surface area contributed by atoms with Crippen LogP contribution in [0.3, 0.4) is 0 Å². The van der Waals surface area contributed by atoms with Crippen molar-refractivity contribution < 1.29 is 9.53 Å². The fourth-order valence-electron chi connectivity index (χ4n) is 2.33. The Bertz CT molecular complexity index is 900. The second kappa shape index (κ2) is 9.86. The van der Waals surface area contributed by atoms with Gasteiger partial charge in [0.05, 0.1) is 18.0 Å². The highest BCUT2D eigenvalue weighted by Gasteiger charge is 2.12. The van der Waals surface area contributed by atoms with E-state index < -0.39 is 0 Å². The molecule has 0 saturated heterocycles. The Kier molecular flexibility index (Phi) is 6.99. The smallest absolute Gasteiger partial charge is 0.234 e. The maximum Gasteiger partial charge on any atom is 0.234 e. The number of carbonyl (C=O) groups is 1.